The molecule has 1 saturated heterocycles. The standard InChI is InChI=1S/C22H29ClFN3O3S/c1-31(28,29)15-22-13-26(21(14-30-22)10-16-2-4-17(23)5-3-16)19-6-8-20(9-7-19)27-12-18(24)11-25-27/h2-5,11-12,19-22H,6-10,13-15H2,1H3/t19?,20?,21-,22+/m0/s1. The average molecular weight is 470 g/mol. The van der Waals surface area contributed by atoms with Crippen molar-refractivity contribution in [3.05, 3.63) is 53.1 Å². The van der Waals surface area contributed by atoms with E-state index in [0.717, 1.165) is 32.1 Å². The molecule has 1 aromatic carbocycles. The van der Waals surface area contributed by atoms with Crippen LogP contribution in [0.4, 0.5) is 4.39 Å². The maximum atomic E-state index is 13.3. The first-order valence-electron chi connectivity index (χ1n) is 10.8. The Morgan fingerprint density at radius 3 is 2.45 bits per heavy atom. The van der Waals surface area contributed by atoms with Crippen molar-refractivity contribution in [3.8, 4) is 0 Å². The van der Waals surface area contributed by atoms with Crippen LogP contribution in [-0.2, 0) is 21.0 Å². The first kappa shape index (κ1) is 22.7. The maximum Gasteiger partial charge on any atom is 0.161 e. The predicted octanol–water partition coefficient (Wildman–Crippen LogP) is 3.52. The molecule has 0 bridgehead atoms. The van der Waals surface area contributed by atoms with Crippen molar-refractivity contribution < 1.29 is 17.5 Å². The van der Waals surface area contributed by atoms with Crippen LogP contribution < -0.4 is 0 Å². The van der Waals surface area contributed by atoms with Crippen LogP contribution in [0.25, 0.3) is 0 Å². The number of rotatable bonds is 6. The summed E-state index contributed by atoms with van der Waals surface area (Å²) in [5.74, 6) is -0.263. The van der Waals surface area contributed by atoms with Gasteiger partial charge in [-0.25, -0.2) is 12.8 Å². The Kier molecular flexibility index (Phi) is 7.01. The minimum atomic E-state index is -3.11. The molecule has 9 heteroatoms. The van der Waals surface area contributed by atoms with Crippen LogP contribution in [0, 0.1) is 5.82 Å². The van der Waals surface area contributed by atoms with E-state index in [4.69, 9.17) is 16.3 Å². The highest BCUT2D eigenvalue weighted by Crippen LogP contribution is 2.33. The number of sulfone groups is 1. The van der Waals surface area contributed by atoms with E-state index < -0.39 is 9.84 Å². The summed E-state index contributed by atoms with van der Waals surface area (Å²) >= 11 is 6.03. The lowest BCUT2D eigenvalue weighted by molar-refractivity contribution is -0.0765. The fraction of sp³-hybridized carbons (Fsp3) is 0.591. The molecule has 1 saturated carbocycles. The molecule has 0 unspecified atom stereocenters. The smallest absolute Gasteiger partial charge is 0.161 e. The zero-order valence-corrected chi connectivity index (χ0v) is 19.2. The molecule has 2 atom stereocenters. The Balaban J connectivity index is 1.45. The molecule has 1 aromatic heterocycles. The van der Waals surface area contributed by atoms with Crippen molar-refractivity contribution in [2.45, 2.75) is 56.3 Å². The number of halogens is 2. The fourth-order valence-corrected chi connectivity index (χ4v) is 5.91. The summed E-state index contributed by atoms with van der Waals surface area (Å²) in [4.78, 5) is 2.45. The first-order chi connectivity index (χ1) is 14.8. The van der Waals surface area contributed by atoms with Crippen molar-refractivity contribution >= 4 is 21.4 Å². The summed E-state index contributed by atoms with van der Waals surface area (Å²) in [5.41, 5.74) is 1.19. The second-order valence-corrected chi connectivity index (χ2v) is 11.5. The van der Waals surface area contributed by atoms with Gasteiger partial charge in [-0.3, -0.25) is 9.58 Å². The molecule has 0 amide bonds. The molecule has 31 heavy (non-hydrogen) atoms. The van der Waals surface area contributed by atoms with Crippen LogP contribution in [0.5, 0.6) is 0 Å². The van der Waals surface area contributed by atoms with Crippen LogP contribution in [0.3, 0.4) is 0 Å². The summed E-state index contributed by atoms with van der Waals surface area (Å²) in [6.45, 7) is 1.12. The summed E-state index contributed by atoms with van der Waals surface area (Å²) in [7, 11) is -3.11. The van der Waals surface area contributed by atoms with Crippen molar-refractivity contribution in [2.75, 3.05) is 25.2 Å². The van der Waals surface area contributed by atoms with E-state index >= 15 is 0 Å². The normalized spacial score (nSPS) is 28.0. The van der Waals surface area contributed by atoms with Gasteiger partial charge in [0.25, 0.3) is 0 Å². The van der Waals surface area contributed by atoms with Crippen LogP contribution >= 0.6 is 11.6 Å². The number of hydrogen-bond donors (Lipinski definition) is 0. The summed E-state index contributed by atoms with van der Waals surface area (Å²) in [6, 6.07) is 8.60. The van der Waals surface area contributed by atoms with Gasteiger partial charge in [-0.15, -0.1) is 0 Å². The van der Waals surface area contributed by atoms with Crippen molar-refractivity contribution in [1.82, 2.24) is 14.7 Å². The zero-order chi connectivity index (χ0) is 22.0. The molecular weight excluding hydrogens is 441 g/mol. The minimum Gasteiger partial charge on any atom is -0.374 e. The molecule has 170 valence electrons. The molecule has 2 aromatic rings. The van der Waals surface area contributed by atoms with Gasteiger partial charge in [-0.05, 0) is 49.8 Å². The molecule has 2 fully saturated rings. The third-order valence-electron chi connectivity index (χ3n) is 6.36. The van der Waals surface area contributed by atoms with Crippen molar-refractivity contribution in [1.29, 1.82) is 0 Å². The number of aromatic nitrogens is 2. The topological polar surface area (TPSA) is 64.4 Å². The third kappa shape index (κ3) is 6.06. The van der Waals surface area contributed by atoms with E-state index in [1.165, 1.54) is 24.2 Å². The van der Waals surface area contributed by atoms with Gasteiger partial charge in [0.15, 0.2) is 5.82 Å². The van der Waals surface area contributed by atoms with Crippen LogP contribution in [0.2, 0.25) is 5.02 Å². The number of nitrogens with zero attached hydrogens (tertiary/aromatic N) is 3. The van der Waals surface area contributed by atoms with E-state index in [1.807, 2.05) is 24.3 Å². The predicted molar refractivity (Wildman–Crippen MR) is 119 cm³/mol. The first-order valence-corrected chi connectivity index (χ1v) is 13.2. The van der Waals surface area contributed by atoms with Gasteiger partial charge in [0.05, 0.1) is 36.9 Å². The number of ether oxygens (including phenoxy) is 1. The monoisotopic (exact) mass is 469 g/mol. The molecule has 6 nitrogen and oxygen atoms in total. The quantitative estimate of drug-likeness (QED) is 0.647. The van der Waals surface area contributed by atoms with Crippen molar-refractivity contribution in [2.24, 2.45) is 0 Å². The Labute approximate surface area is 188 Å². The highest BCUT2D eigenvalue weighted by molar-refractivity contribution is 7.90. The van der Waals surface area contributed by atoms with Gasteiger partial charge in [0, 0.05) is 29.9 Å². The lowest BCUT2D eigenvalue weighted by atomic mass is 9.88. The highest BCUT2D eigenvalue weighted by Gasteiger charge is 2.37. The van der Waals surface area contributed by atoms with Gasteiger partial charge in [-0.2, -0.15) is 5.10 Å². The largest absolute Gasteiger partial charge is 0.374 e. The second kappa shape index (κ2) is 9.57. The van der Waals surface area contributed by atoms with E-state index in [-0.39, 0.29) is 29.8 Å². The number of morpholine rings is 1. The number of hydrogen-bond acceptors (Lipinski definition) is 5. The molecule has 1 aliphatic heterocycles. The van der Waals surface area contributed by atoms with Gasteiger partial charge < -0.3 is 4.74 Å². The molecule has 0 spiro atoms. The number of benzene rings is 1. The lowest BCUT2D eigenvalue weighted by Crippen LogP contribution is -2.56. The van der Waals surface area contributed by atoms with Gasteiger partial charge in [-0.1, -0.05) is 23.7 Å². The Bertz CT molecular complexity index is 974. The molecular formula is C22H29ClFN3O3S. The van der Waals surface area contributed by atoms with E-state index in [1.54, 1.807) is 4.68 Å². The van der Waals surface area contributed by atoms with E-state index in [2.05, 4.69) is 10.00 Å². The molecule has 4 rings (SSSR count). The second-order valence-electron chi connectivity index (χ2n) is 8.83. The van der Waals surface area contributed by atoms with Crippen LogP contribution in [0.15, 0.2) is 36.7 Å². The van der Waals surface area contributed by atoms with Crippen LogP contribution in [-0.4, -0.2) is 66.4 Å². The van der Waals surface area contributed by atoms with Gasteiger partial charge in [0.1, 0.15) is 9.84 Å². The highest BCUT2D eigenvalue weighted by atomic mass is 35.5. The molecule has 0 radical (unpaired) electrons. The van der Waals surface area contributed by atoms with E-state index in [0.29, 0.717) is 24.2 Å². The Hall–Kier alpha value is -1.48. The molecule has 0 N–H and O–H groups in total. The SMILES string of the molecule is CS(=O)(=O)C[C@H]1CN(C2CCC(n3cc(F)cn3)CC2)[C@@H](Cc2ccc(Cl)cc2)CO1. The maximum absolute atomic E-state index is 13.3. The third-order valence-corrected chi connectivity index (χ3v) is 7.59. The summed E-state index contributed by atoms with van der Waals surface area (Å²) < 4.78 is 44.7. The zero-order valence-electron chi connectivity index (χ0n) is 17.7. The average Bonchev–Trinajstić information content (AvgIpc) is 3.16. The Morgan fingerprint density at radius 2 is 1.84 bits per heavy atom. The fourth-order valence-electron chi connectivity index (χ4n) is 4.90. The van der Waals surface area contributed by atoms with Gasteiger partial charge >= 0.3 is 0 Å². The minimum absolute atomic E-state index is 0.0407. The van der Waals surface area contributed by atoms with E-state index in [9.17, 15) is 12.8 Å². The molecule has 1 aliphatic carbocycles. The van der Waals surface area contributed by atoms with Crippen LogP contribution in [0.1, 0.15) is 37.3 Å². The van der Waals surface area contributed by atoms with Crippen molar-refractivity contribution in [3.63, 3.8) is 0 Å². The summed E-state index contributed by atoms with van der Waals surface area (Å²) in [5, 5.41) is 4.85. The lowest BCUT2D eigenvalue weighted by Gasteiger charge is -2.46. The molecule has 2 heterocycles. The van der Waals surface area contributed by atoms with Gasteiger partial charge in [0.2, 0.25) is 0 Å². The summed E-state index contributed by atoms with van der Waals surface area (Å²) in [6.07, 6.45) is 8.28. The Morgan fingerprint density at radius 1 is 1.16 bits per heavy atom. The molecule has 2 aliphatic rings.